The Morgan fingerprint density at radius 2 is 1.09 bits per heavy atom. The van der Waals surface area contributed by atoms with Crippen molar-refractivity contribution in [1.29, 1.82) is 0 Å². The average molecular weight is 314 g/mol. The van der Waals surface area contributed by atoms with Crippen molar-refractivity contribution >= 4 is 0 Å². The largest absolute Gasteiger partial charge is 0.324 e. The van der Waals surface area contributed by atoms with Gasteiger partial charge in [0.25, 0.3) is 0 Å². The molecule has 2 nitrogen and oxygen atoms in total. The van der Waals surface area contributed by atoms with Crippen LogP contribution in [0, 0.1) is 0 Å². The highest BCUT2D eigenvalue weighted by Gasteiger charge is 2.21. The van der Waals surface area contributed by atoms with E-state index in [9.17, 15) is 0 Å². The summed E-state index contributed by atoms with van der Waals surface area (Å²) in [4.78, 5) is 2.55. The topological polar surface area (TPSA) is 3.24 Å². The van der Waals surface area contributed by atoms with Gasteiger partial charge in [0.05, 0.1) is 26.2 Å². The lowest BCUT2D eigenvalue weighted by Gasteiger charge is -2.37. The highest BCUT2D eigenvalue weighted by atomic mass is 15.3. The Balaban J connectivity index is 3.84. The molecular weight excluding hydrogens is 268 g/mol. The Bertz CT molecular complexity index is 220. The third kappa shape index (κ3) is 9.84. The zero-order chi connectivity index (χ0) is 16.7. The lowest BCUT2D eigenvalue weighted by atomic mass is 10.1. The van der Waals surface area contributed by atoms with E-state index in [1.807, 2.05) is 0 Å². The Kier molecular flexibility index (Phi) is 14.5. The molecule has 0 atom stereocenters. The molecule has 0 spiro atoms. The van der Waals surface area contributed by atoms with Crippen LogP contribution in [0.4, 0.5) is 0 Å². The summed E-state index contributed by atoms with van der Waals surface area (Å²) in [5.41, 5.74) is 0. The molecule has 0 aromatic rings. The van der Waals surface area contributed by atoms with Gasteiger partial charge in [-0.05, 0) is 65.6 Å². The molecule has 0 unspecified atom stereocenters. The van der Waals surface area contributed by atoms with E-state index in [4.69, 9.17) is 0 Å². The monoisotopic (exact) mass is 313 g/mol. The van der Waals surface area contributed by atoms with Gasteiger partial charge in [0.1, 0.15) is 0 Å². The van der Waals surface area contributed by atoms with Crippen LogP contribution in [-0.4, -0.2) is 55.2 Å². The standard InChI is InChI=1S/C20H45N2/c1-6-11-12-16-19-22(9-4,10-5)20-17-14-13-15-18-21(7-2)8-3/h6-20H2,1-5H3/q+1. The van der Waals surface area contributed by atoms with Crippen molar-refractivity contribution in [2.75, 3.05) is 45.8 Å². The molecule has 0 aromatic heterocycles. The maximum absolute atomic E-state index is 2.55. The molecule has 134 valence electrons. The van der Waals surface area contributed by atoms with Gasteiger partial charge in [-0.2, -0.15) is 0 Å². The van der Waals surface area contributed by atoms with Crippen molar-refractivity contribution in [2.45, 2.75) is 86.0 Å². The van der Waals surface area contributed by atoms with Crippen LogP contribution >= 0.6 is 0 Å². The lowest BCUT2D eigenvalue weighted by molar-refractivity contribution is -0.925. The summed E-state index contributed by atoms with van der Waals surface area (Å²) in [5, 5.41) is 0. The van der Waals surface area contributed by atoms with Crippen LogP contribution in [-0.2, 0) is 0 Å². The summed E-state index contributed by atoms with van der Waals surface area (Å²) in [6, 6.07) is 0. The van der Waals surface area contributed by atoms with Crippen LogP contribution in [0.1, 0.15) is 86.0 Å². The second-order valence-electron chi connectivity index (χ2n) is 6.92. The number of unbranched alkanes of at least 4 members (excludes halogenated alkanes) is 6. The minimum absolute atomic E-state index is 1.21. The first kappa shape index (κ1) is 21.9. The molecule has 0 bridgehead atoms. The first-order chi connectivity index (χ1) is 10.7. The molecule has 0 N–H and O–H groups in total. The molecule has 0 saturated heterocycles. The number of hydrogen-bond acceptors (Lipinski definition) is 1. The molecule has 0 amide bonds. The van der Waals surface area contributed by atoms with Gasteiger partial charge in [-0.25, -0.2) is 0 Å². The van der Waals surface area contributed by atoms with Gasteiger partial charge in [-0.1, -0.05) is 40.0 Å². The smallest absolute Gasteiger partial charge is 0.0786 e. The summed E-state index contributed by atoms with van der Waals surface area (Å²) in [6.07, 6.45) is 11.3. The first-order valence-electron chi connectivity index (χ1n) is 10.2. The zero-order valence-electron chi connectivity index (χ0n) is 16.5. The average Bonchev–Trinajstić information content (AvgIpc) is 2.56. The summed E-state index contributed by atoms with van der Waals surface area (Å²) < 4.78 is 1.36. The molecule has 0 fully saturated rings. The highest BCUT2D eigenvalue weighted by Crippen LogP contribution is 2.14. The number of hydrogen-bond donors (Lipinski definition) is 0. The maximum Gasteiger partial charge on any atom is 0.0786 e. The van der Waals surface area contributed by atoms with E-state index in [1.165, 1.54) is 102 Å². The third-order valence-electron chi connectivity index (χ3n) is 5.58. The van der Waals surface area contributed by atoms with Crippen LogP contribution in [0.15, 0.2) is 0 Å². The first-order valence-corrected chi connectivity index (χ1v) is 10.2. The van der Waals surface area contributed by atoms with Gasteiger partial charge in [-0.15, -0.1) is 0 Å². The Labute approximate surface area is 141 Å². The SMILES string of the molecule is CCCCCC[N+](CC)(CC)CCCCCCN(CC)CC. The summed E-state index contributed by atoms with van der Waals surface area (Å²) in [5.74, 6) is 0. The van der Waals surface area contributed by atoms with Crippen molar-refractivity contribution in [3.05, 3.63) is 0 Å². The molecule has 22 heavy (non-hydrogen) atoms. The predicted molar refractivity (Wildman–Crippen MR) is 101 cm³/mol. The molecule has 0 saturated carbocycles. The van der Waals surface area contributed by atoms with Gasteiger partial charge in [0, 0.05) is 0 Å². The van der Waals surface area contributed by atoms with Crippen molar-refractivity contribution in [2.24, 2.45) is 0 Å². The van der Waals surface area contributed by atoms with E-state index in [-0.39, 0.29) is 0 Å². The van der Waals surface area contributed by atoms with Crippen LogP contribution in [0.3, 0.4) is 0 Å². The molecular formula is C20H45N2+. The molecule has 0 heterocycles. The van der Waals surface area contributed by atoms with Crippen LogP contribution in [0.25, 0.3) is 0 Å². The van der Waals surface area contributed by atoms with E-state index in [1.54, 1.807) is 0 Å². The van der Waals surface area contributed by atoms with Crippen molar-refractivity contribution < 1.29 is 4.48 Å². The molecule has 0 aromatic carbocycles. The molecule has 0 aliphatic heterocycles. The van der Waals surface area contributed by atoms with E-state index >= 15 is 0 Å². The predicted octanol–water partition coefficient (Wildman–Crippen LogP) is 5.33. The second-order valence-corrected chi connectivity index (χ2v) is 6.92. The van der Waals surface area contributed by atoms with E-state index in [0.29, 0.717) is 0 Å². The Hall–Kier alpha value is -0.0800. The Morgan fingerprint density at radius 3 is 1.55 bits per heavy atom. The van der Waals surface area contributed by atoms with Gasteiger partial charge < -0.3 is 9.38 Å². The van der Waals surface area contributed by atoms with Crippen molar-refractivity contribution in [1.82, 2.24) is 4.90 Å². The fourth-order valence-electron chi connectivity index (χ4n) is 3.52. The van der Waals surface area contributed by atoms with Gasteiger partial charge in [0.15, 0.2) is 0 Å². The van der Waals surface area contributed by atoms with E-state index in [2.05, 4.69) is 39.5 Å². The summed E-state index contributed by atoms with van der Waals surface area (Å²) in [7, 11) is 0. The van der Waals surface area contributed by atoms with Crippen LogP contribution < -0.4 is 0 Å². The minimum atomic E-state index is 1.21. The number of quaternary nitrogens is 1. The zero-order valence-corrected chi connectivity index (χ0v) is 16.5. The summed E-state index contributed by atoms with van der Waals surface area (Å²) in [6.45, 7) is 20.8. The van der Waals surface area contributed by atoms with Crippen LogP contribution in [0.2, 0.25) is 0 Å². The van der Waals surface area contributed by atoms with Crippen molar-refractivity contribution in [3.8, 4) is 0 Å². The highest BCUT2D eigenvalue weighted by molar-refractivity contribution is 4.53. The molecule has 0 aliphatic carbocycles. The number of nitrogens with zero attached hydrogens (tertiary/aromatic N) is 2. The Morgan fingerprint density at radius 1 is 0.591 bits per heavy atom. The van der Waals surface area contributed by atoms with Crippen molar-refractivity contribution in [3.63, 3.8) is 0 Å². The lowest BCUT2D eigenvalue weighted by Crippen LogP contribution is -2.49. The van der Waals surface area contributed by atoms with Crippen LogP contribution in [0.5, 0.6) is 0 Å². The molecule has 0 aliphatic rings. The van der Waals surface area contributed by atoms with Gasteiger partial charge >= 0.3 is 0 Å². The molecule has 0 radical (unpaired) electrons. The van der Waals surface area contributed by atoms with Gasteiger partial charge in [-0.3, -0.25) is 0 Å². The number of rotatable bonds is 16. The summed E-state index contributed by atoms with van der Waals surface area (Å²) >= 11 is 0. The van der Waals surface area contributed by atoms with Gasteiger partial charge in [0.2, 0.25) is 0 Å². The maximum atomic E-state index is 2.55. The molecule has 0 rings (SSSR count). The second kappa shape index (κ2) is 14.5. The fraction of sp³-hybridized carbons (Fsp3) is 1.00. The normalized spacial score (nSPS) is 12.3. The fourth-order valence-corrected chi connectivity index (χ4v) is 3.52. The third-order valence-corrected chi connectivity index (χ3v) is 5.58. The molecule has 2 heteroatoms. The quantitative estimate of drug-likeness (QED) is 0.275. The minimum Gasteiger partial charge on any atom is -0.324 e. The van der Waals surface area contributed by atoms with E-state index in [0.717, 1.165) is 0 Å². The van der Waals surface area contributed by atoms with E-state index < -0.39 is 0 Å².